The molecule has 0 N–H and O–H groups in total. The summed E-state index contributed by atoms with van der Waals surface area (Å²) in [4.78, 5) is 15.2. The molecule has 4 rings (SSSR count). The molecular formula is C20H25NO4. The average Bonchev–Trinajstić information content (AvgIpc) is 2.62. The van der Waals surface area contributed by atoms with E-state index in [4.69, 9.17) is 14.2 Å². The zero-order valence-corrected chi connectivity index (χ0v) is 15.3. The van der Waals surface area contributed by atoms with Crippen LogP contribution in [-0.4, -0.2) is 51.6 Å². The number of benzene rings is 1. The van der Waals surface area contributed by atoms with E-state index in [-0.39, 0.29) is 17.1 Å². The normalized spacial score (nSPS) is 30.9. The Morgan fingerprint density at radius 3 is 2.64 bits per heavy atom. The molecule has 1 heterocycles. The predicted octanol–water partition coefficient (Wildman–Crippen LogP) is 2.32. The lowest BCUT2D eigenvalue weighted by atomic mass is 9.53. The molecule has 0 aromatic heterocycles. The number of fused-ring (bicyclic) bond motifs is 1. The van der Waals surface area contributed by atoms with Gasteiger partial charge in [0.2, 0.25) is 0 Å². The van der Waals surface area contributed by atoms with Crippen molar-refractivity contribution >= 4 is 5.78 Å². The van der Waals surface area contributed by atoms with Crippen molar-refractivity contribution in [3.63, 3.8) is 0 Å². The minimum absolute atomic E-state index is 0.0831. The molecule has 5 nitrogen and oxygen atoms in total. The average molecular weight is 343 g/mol. The fraction of sp³-hybridized carbons (Fsp3) is 0.550. The highest BCUT2D eigenvalue weighted by Crippen LogP contribution is 2.57. The Kier molecular flexibility index (Phi) is 3.80. The van der Waals surface area contributed by atoms with Crippen LogP contribution in [-0.2, 0) is 21.4 Å². The molecule has 3 atom stereocenters. The molecule has 2 aliphatic carbocycles. The summed E-state index contributed by atoms with van der Waals surface area (Å²) in [7, 11) is 7.11. The van der Waals surface area contributed by atoms with Crippen LogP contribution in [0.2, 0.25) is 0 Å². The number of piperidine rings is 1. The van der Waals surface area contributed by atoms with Crippen molar-refractivity contribution in [2.75, 3.05) is 34.9 Å². The van der Waals surface area contributed by atoms with Crippen LogP contribution in [0.1, 0.15) is 24.0 Å². The van der Waals surface area contributed by atoms with Gasteiger partial charge in [0.15, 0.2) is 23.0 Å². The molecule has 25 heavy (non-hydrogen) atoms. The minimum Gasteiger partial charge on any atom is -0.493 e. The van der Waals surface area contributed by atoms with Gasteiger partial charge in [-0.15, -0.1) is 0 Å². The molecule has 0 amide bonds. The zero-order valence-electron chi connectivity index (χ0n) is 15.3. The van der Waals surface area contributed by atoms with E-state index in [1.807, 2.05) is 6.07 Å². The molecule has 1 aliphatic heterocycles. The summed E-state index contributed by atoms with van der Waals surface area (Å²) in [6.07, 6.45) is 4.41. The van der Waals surface area contributed by atoms with Crippen molar-refractivity contribution in [3.8, 4) is 11.5 Å². The summed E-state index contributed by atoms with van der Waals surface area (Å²) in [5.74, 6) is 2.36. The summed E-state index contributed by atoms with van der Waals surface area (Å²) >= 11 is 0. The summed E-state index contributed by atoms with van der Waals surface area (Å²) in [6.45, 7) is 0.977. The molecule has 0 unspecified atom stereocenters. The summed E-state index contributed by atoms with van der Waals surface area (Å²) in [5, 5.41) is 0. The SMILES string of the molecule is COC1=C[C@H]2[C@H]3Cc4ccc(OC)c(OC)c4[C@]2(CCN3C)CC1=O. The number of carbonyl (C=O) groups excluding carboxylic acids is 1. The van der Waals surface area contributed by atoms with E-state index < -0.39 is 0 Å². The highest BCUT2D eigenvalue weighted by Gasteiger charge is 2.56. The number of likely N-dealkylation sites (N-methyl/N-ethyl adjacent to an activating group) is 1. The lowest BCUT2D eigenvalue weighted by Crippen LogP contribution is -2.60. The van der Waals surface area contributed by atoms with E-state index in [0.29, 0.717) is 18.2 Å². The van der Waals surface area contributed by atoms with Crippen LogP contribution < -0.4 is 9.47 Å². The van der Waals surface area contributed by atoms with Gasteiger partial charge in [-0.2, -0.15) is 0 Å². The molecule has 3 aliphatic rings. The Balaban J connectivity index is 1.98. The maximum Gasteiger partial charge on any atom is 0.197 e. The van der Waals surface area contributed by atoms with E-state index in [2.05, 4.69) is 24.1 Å². The van der Waals surface area contributed by atoms with Gasteiger partial charge in [-0.25, -0.2) is 0 Å². The van der Waals surface area contributed by atoms with E-state index in [1.165, 1.54) is 11.1 Å². The fourth-order valence-corrected chi connectivity index (χ4v) is 5.21. The van der Waals surface area contributed by atoms with E-state index in [1.54, 1.807) is 21.3 Å². The van der Waals surface area contributed by atoms with E-state index >= 15 is 0 Å². The van der Waals surface area contributed by atoms with Crippen LogP contribution in [0.5, 0.6) is 11.5 Å². The van der Waals surface area contributed by atoms with Crippen LogP contribution in [0.3, 0.4) is 0 Å². The van der Waals surface area contributed by atoms with Gasteiger partial charge >= 0.3 is 0 Å². The maximum atomic E-state index is 12.7. The summed E-state index contributed by atoms with van der Waals surface area (Å²) in [5.41, 5.74) is 2.21. The Morgan fingerprint density at radius 2 is 1.96 bits per heavy atom. The number of hydrogen-bond acceptors (Lipinski definition) is 5. The first-order valence-corrected chi connectivity index (χ1v) is 8.79. The van der Waals surface area contributed by atoms with Crippen LogP contribution in [0.15, 0.2) is 24.0 Å². The Bertz CT molecular complexity index is 756. The Hall–Kier alpha value is -2.01. The number of rotatable bonds is 3. The largest absolute Gasteiger partial charge is 0.493 e. The molecule has 1 aromatic rings. The number of likely N-dealkylation sites (tertiary alicyclic amines) is 1. The number of Topliss-reactive ketones (excluding diaryl/α,β-unsaturated/α-hetero) is 1. The molecule has 0 radical (unpaired) electrons. The third-order valence-corrected chi connectivity index (χ3v) is 6.39. The van der Waals surface area contributed by atoms with Crippen molar-refractivity contribution in [3.05, 3.63) is 35.1 Å². The molecule has 134 valence electrons. The highest BCUT2D eigenvalue weighted by molar-refractivity contribution is 5.96. The van der Waals surface area contributed by atoms with Crippen LogP contribution in [0.4, 0.5) is 0 Å². The predicted molar refractivity (Wildman–Crippen MR) is 94.2 cm³/mol. The monoisotopic (exact) mass is 343 g/mol. The number of allylic oxidation sites excluding steroid dienone is 1. The molecule has 1 aromatic carbocycles. The third-order valence-electron chi connectivity index (χ3n) is 6.39. The number of nitrogens with zero attached hydrogens (tertiary/aromatic N) is 1. The third kappa shape index (κ3) is 2.15. The first-order valence-electron chi connectivity index (χ1n) is 8.79. The molecule has 1 saturated heterocycles. The van der Waals surface area contributed by atoms with Gasteiger partial charge in [0.1, 0.15) is 0 Å². The second-order valence-electron chi connectivity index (χ2n) is 7.35. The van der Waals surface area contributed by atoms with Crippen LogP contribution >= 0.6 is 0 Å². The lowest BCUT2D eigenvalue weighted by molar-refractivity contribution is -0.122. The van der Waals surface area contributed by atoms with Gasteiger partial charge in [0.05, 0.1) is 21.3 Å². The van der Waals surface area contributed by atoms with Gasteiger partial charge in [-0.05, 0) is 44.1 Å². The highest BCUT2D eigenvalue weighted by atomic mass is 16.5. The van der Waals surface area contributed by atoms with Crippen LogP contribution in [0, 0.1) is 5.92 Å². The summed E-state index contributed by atoms with van der Waals surface area (Å²) < 4.78 is 16.7. The maximum absolute atomic E-state index is 12.7. The smallest absolute Gasteiger partial charge is 0.197 e. The van der Waals surface area contributed by atoms with Gasteiger partial charge in [0.25, 0.3) is 0 Å². The van der Waals surface area contributed by atoms with Gasteiger partial charge in [-0.1, -0.05) is 6.07 Å². The second kappa shape index (κ2) is 5.77. The van der Waals surface area contributed by atoms with Crippen molar-refractivity contribution in [2.45, 2.75) is 30.7 Å². The van der Waals surface area contributed by atoms with Crippen molar-refractivity contribution in [1.29, 1.82) is 0 Å². The number of ketones is 1. The number of methoxy groups -OCH3 is 3. The van der Waals surface area contributed by atoms with Gasteiger partial charge in [0, 0.05) is 29.4 Å². The molecule has 0 spiro atoms. The first-order chi connectivity index (χ1) is 12.1. The van der Waals surface area contributed by atoms with E-state index in [9.17, 15) is 4.79 Å². The molecule has 2 bridgehead atoms. The van der Waals surface area contributed by atoms with Crippen molar-refractivity contribution in [2.24, 2.45) is 5.92 Å². The molecule has 0 saturated carbocycles. The zero-order chi connectivity index (χ0) is 17.8. The Labute approximate surface area is 148 Å². The van der Waals surface area contributed by atoms with Crippen molar-refractivity contribution < 1.29 is 19.0 Å². The molecular weight excluding hydrogens is 318 g/mol. The van der Waals surface area contributed by atoms with Gasteiger partial charge in [-0.3, -0.25) is 4.79 Å². The van der Waals surface area contributed by atoms with E-state index in [0.717, 1.165) is 30.9 Å². The molecule has 1 fully saturated rings. The molecule has 5 heteroatoms. The standard InChI is InChI=1S/C20H25NO4/c1-21-8-7-20-11-15(22)17(24-3)10-13(20)14(21)9-12-5-6-16(23-2)19(25-4)18(12)20/h5-6,10,13-14H,7-9,11H2,1-4H3/t13-,14+,20+/m0/s1. The topological polar surface area (TPSA) is 48.0 Å². The fourth-order valence-electron chi connectivity index (χ4n) is 5.21. The lowest BCUT2D eigenvalue weighted by Gasteiger charge is -2.56. The van der Waals surface area contributed by atoms with Crippen LogP contribution in [0.25, 0.3) is 0 Å². The number of carbonyl (C=O) groups is 1. The van der Waals surface area contributed by atoms with Crippen molar-refractivity contribution in [1.82, 2.24) is 4.90 Å². The number of hydrogen-bond donors (Lipinski definition) is 0. The number of ether oxygens (including phenoxy) is 3. The first kappa shape index (κ1) is 16.5. The van der Waals surface area contributed by atoms with Gasteiger partial charge < -0.3 is 19.1 Å². The minimum atomic E-state index is -0.232. The summed E-state index contributed by atoms with van der Waals surface area (Å²) in [6, 6.07) is 4.49. The second-order valence-corrected chi connectivity index (χ2v) is 7.35. The Morgan fingerprint density at radius 1 is 1.16 bits per heavy atom. The quantitative estimate of drug-likeness (QED) is 0.843.